The fourth-order valence-electron chi connectivity index (χ4n) is 10.6. The normalized spacial score (nSPS) is 12.9. The molecular weight excluding hydrogens is 879 g/mol. The van der Waals surface area contributed by atoms with E-state index in [2.05, 4.69) is 43.5 Å². The predicted molar refractivity (Wildman–Crippen MR) is 322 cm³/mol. The monoisotopic (exact) mass is 1010 g/mol. The van der Waals surface area contributed by atoms with Crippen LogP contribution in [0.4, 0.5) is 0 Å². The SMILES string of the molecule is CCCCCCCCCCCC/C=C/CC/C=C/CC/C=C/C(O)C(CO)NC(=O)CCCCCCCCCCCCCCCCCCCCCCCCCCCCCCCCCCCCCCCCCC. The maximum absolute atomic E-state index is 12.5. The standard InChI is InChI=1S/C68H131NO3/c1-3-5-7-9-11-13-15-17-19-21-23-25-26-27-28-29-30-31-32-33-34-35-36-37-38-39-40-41-42-43-44-46-48-50-52-54-56-58-60-62-64-68(72)69-66(65-70)67(71)63-61-59-57-55-53-51-49-47-45-24-22-20-18-16-14-12-10-8-6-4-2/h45,47,53,55,61,63,66-67,70-71H,3-44,46,48-52,54,56-60,62,64-65H2,1-2H3,(H,69,72)/b47-45+,55-53+,63-61+. The van der Waals surface area contributed by atoms with Crippen molar-refractivity contribution in [2.75, 3.05) is 6.61 Å². The van der Waals surface area contributed by atoms with Crippen molar-refractivity contribution in [2.45, 2.75) is 386 Å². The Kier molecular flexibility index (Phi) is 62.7. The van der Waals surface area contributed by atoms with E-state index in [9.17, 15) is 15.0 Å². The van der Waals surface area contributed by atoms with Crippen molar-refractivity contribution in [3.8, 4) is 0 Å². The third kappa shape index (κ3) is 59.5. The molecule has 0 aromatic rings. The first kappa shape index (κ1) is 70.6. The first-order chi connectivity index (χ1) is 35.7. The molecular formula is C68H131NO3. The van der Waals surface area contributed by atoms with Gasteiger partial charge in [-0.1, -0.05) is 359 Å². The zero-order valence-corrected chi connectivity index (χ0v) is 49.2. The van der Waals surface area contributed by atoms with Crippen molar-refractivity contribution < 1.29 is 15.0 Å². The van der Waals surface area contributed by atoms with Gasteiger partial charge in [-0.15, -0.1) is 0 Å². The molecule has 426 valence electrons. The molecule has 0 aromatic carbocycles. The van der Waals surface area contributed by atoms with Gasteiger partial charge in [-0.3, -0.25) is 4.79 Å². The van der Waals surface area contributed by atoms with Gasteiger partial charge < -0.3 is 15.5 Å². The molecule has 0 aliphatic carbocycles. The molecule has 2 atom stereocenters. The third-order valence-corrected chi connectivity index (χ3v) is 15.6. The lowest BCUT2D eigenvalue weighted by Gasteiger charge is -2.19. The fourth-order valence-corrected chi connectivity index (χ4v) is 10.6. The quantitative estimate of drug-likeness (QED) is 0.0420. The Morgan fingerprint density at radius 2 is 0.542 bits per heavy atom. The lowest BCUT2D eigenvalue weighted by Crippen LogP contribution is -2.45. The first-order valence-corrected chi connectivity index (χ1v) is 33.2. The number of nitrogens with one attached hydrogen (secondary N) is 1. The summed E-state index contributed by atoms with van der Waals surface area (Å²) in [6, 6.07) is -0.644. The van der Waals surface area contributed by atoms with E-state index >= 15 is 0 Å². The molecule has 0 aliphatic heterocycles. The molecule has 4 nitrogen and oxygen atoms in total. The van der Waals surface area contributed by atoms with Gasteiger partial charge in [0.05, 0.1) is 18.8 Å². The Labute approximate surface area is 452 Å². The Hall–Kier alpha value is -1.39. The molecule has 0 aliphatic rings. The van der Waals surface area contributed by atoms with Crippen LogP contribution in [0.3, 0.4) is 0 Å². The minimum Gasteiger partial charge on any atom is -0.394 e. The summed E-state index contributed by atoms with van der Waals surface area (Å²) >= 11 is 0. The number of aliphatic hydroxyl groups excluding tert-OH is 2. The van der Waals surface area contributed by atoms with Crippen LogP contribution in [0, 0.1) is 0 Å². The van der Waals surface area contributed by atoms with Gasteiger partial charge >= 0.3 is 0 Å². The summed E-state index contributed by atoms with van der Waals surface area (Å²) in [6.07, 6.45) is 88.0. The van der Waals surface area contributed by atoms with Crippen LogP contribution in [0.5, 0.6) is 0 Å². The molecule has 3 N–H and O–H groups in total. The smallest absolute Gasteiger partial charge is 0.220 e. The third-order valence-electron chi connectivity index (χ3n) is 15.6. The van der Waals surface area contributed by atoms with E-state index in [0.29, 0.717) is 6.42 Å². The van der Waals surface area contributed by atoms with E-state index in [1.165, 1.54) is 315 Å². The molecule has 0 spiro atoms. The molecule has 0 saturated heterocycles. The van der Waals surface area contributed by atoms with Crippen LogP contribution in [-0.4, -0.2) is 34.9 Å². The van der Waals surface area contributed by atoms with Crippen LogP contribution in [0.25, 0.3) is 0 Å². The Bertz CT molecular complexity index is 1100. The van der Waals surface area contributed by atoms with Crippen molar-refractivity contribution in [1.29, 1.82) is 0 Å². The average Bonchev–Trinajstić information content (AvgIpc) is 3.39. The van der Waals surface area contributed by atoms with Crippen LogP contribution in [0.1, 0.15) is 373 Å². The summed E-state index contributed by atoms with van der Waals surface area (Å²) in [5, 5.41) is 23.2. The number of aliphatic hydroxyl groups is 2. The maximum Gasteiger partial charge on any atom is 0.220 e. The Morgan fingerprint density at radius 1 is 0.319 bits per heavy atom. The first-order valence-electron chi connectivity index (χ1n) is 33.2. The summed E-state index contributed by atoms with van der Waals surface area (Å²) in [6.45, 7) is 4.33. The van der Waals surface area contributed by atoms with Gasteiger partial charge in [0.25, 0.3) is 0 Å². The van der Waals surface area contributed by atoms with Crippen LogP contribution < -0.4 is 5.32 Å². The van der Waals surface area contributed by atoms with Gasteiger partial charge in [-0.2, -0.15) is 0 Å². The number of carbonyl (C=O) groups excluding carboxylic acids is 1. The van der Waals surface area contributed by atoms with E-state index in [0.717, 1.165) is 38.5 Å². The maximum atomic E-state index is 12.5. The van der Waals surface area contributed by atoms with Gasteiger partial charge in [-0.25, -0.2) is 0 Å². The van der Waals surface area contributed by atoms with Crippen molar-refractivity contribution in [3.05, 3.63) is 36.5 Å². The van der Waals surface area contributed by atoms with Crippen LogP contribution in [-0.2, 0) is 4.79 Å². The zero-order chi connectivity index (χ0) is 52.0. The van der Waals surface area contributed by atoms with Gasteiger partial charge in [0.15, 0.2) is 0 Å². The Balaban J connectivity index is 3.40. The minimum atomic E-state index is -0.869. The molecule has 0 aromatic heterocycles. The molecule has 0 radical (unpaired) electrons. The molecule has 0 heterocycles. The second-order valence-electron chi connectivity index (χ2n) is 22.9. The van der Waals surface area contributed by atoms with Crippen molar-refractivity contribution in [3.63, 3.8) is 0 Å². The molecule has 0 saturated carbocycles. The van der Waals surface area contributed by atoms with Crippen molar-refractivity contribution >= 4 is 5.91 Å². The van der Waals surface area contributed by atoms with Gasteiger partial charge in [-0.05, 0) is 44.9 Å². The second kappa shape index (κ2) is 63.9. The molecule has 0 fully saturated rings. The lowest BCUT2D eigenvalue weighted by atomic mass is 10.0. The second-order valence-corrected chi connectivity index (χ2v) is 22.9. The number of hydrogen-bond donors (Lipinski definition) is 3. The highest BCUT2D eigenvalue weighted by Crippen LogP contribution is 2.19. The van der Waals surface area contributed by atoms with E-state index in [4.69, 9.17) is 0 Å². The topological polar surface area (TPSA) is 69.6 Å². The van der Waals surface area contributed by atoms with Gasteiger partial charge in [0.2, 0.25) is 5.91 Å². The number of allylic oxidation sites excluding steroid dienone is 5. The summed E-state index contributed by atoms with van der Waals surface area (Å²) in [7, 11) is 0. The molecule has 72 heavy (non-hydrogen) atoms. The summed E-state index contributed by atoms with van der Waals surface area (Å²) < 4.78 is 0. The largest absolute Gasteiger partial charge is 0.394 e. The van der Waals surface area contributed by atoms with Crippen molar-refractivity contribution in [1.82, 2.24) is 5.32 Å². The van der Waals surface area contributed by atoms with Gasteiger partial charge in [0, 0.05) is 6.42 Å². The lowest BCUT2D eigenvalue weighted by molar-refractivity contribution is -0.123. The number of carbonyl (C=O) groups is 1. The summed E-state index contributed by atoms with van der Waals surface area (Å²) in [5.74, 6) is -0.0707. The van der Waals surface area contributed by atoms with Crippen molar-refractivity contribution in [2.24, 2.45) is 0 Å². The molecule has 0 rings (SSSR count). The number of hydrogen-bond acceptors (Lipinski definition) is 3. The Morgan fingerprint density at radius 3 is 0.806 bits per heavy atom. The van der Waals surface area contributed by atoms with E-state index < -0.39 is 12.1 Å². The number of unbranched alkanes of at least 4 members (excludes halogenated alkanes) is 51. The highest BCUT2D eigenvalue weighted by atomic mass is 16.3. The minimum absolute atomic E-state index is 0.0707. The number of rotatable bonds is 62. The molecule has 2 unspecified atom stereocenters. The highest BCUT2D eigenvalue weighted by molar-refractivity contribution is 5.76. The average molecular weight is 1010 g/mol. The number of amides is 1. The van der Waals surface area contributed by atoms with E-state index in [1.807, 2.05) is 6.08 Å². The highest BCUT2D eigenvalue weighted by Gasteiger charge is 2.18. The van der Waals surface area contributed by atoms with Gasteiger partial charge in [0.1, 0.15) is 0 Å². The molecule has 4 heteroatoms. The molecule has 1 amide bonds. The molecule has 0 bridgehead atoms. The van der Waals surface area contributed by atoms with Crippen LogP contribution >= 0.6 is 0 Å². The summed E-state index contributed by atoms with van der Waals surface area (Å²) in [5.41, 5.74) is 0. The van der Waals surface area contributed by atoms with Crippen LogP contribution in [0.15, 0.2) is 36.5 Å². The predicted octanol–water partition coefficient (Wildman–Crippen LogP) is 22.4. The fraction of sp³-hybridized carbons (Fsp3) is 0.897. The zero-order valence-electron chi connectivity index (χ0n) is 49.2. The summed E-state index contributed by atoms with van der Waals surface area (Å²) in [4.78, 5) is 12.5. The van der Waals surface area contributed by atoms with E-state index in [-0.39, 0.29) is 12.5 Å². The van der Waals surface area contributed by atoms with Crippen LogP contribution in [0.2, 0.25) is 0 Å². The van der Waals surface area contributed by atoms with E-state index in [1.54, 1.807) is 6.08 Å².